The van der Waals surface area contributed by atoms with E-state index in [0.717, 1.165) is 24.7 Å². The molecule has 2 atom stereocenters. The zero-order chi connectivity index (χ0) is 11.1. The molecule has 0 N–H and O–H groups in total. The third-order valence-electron chi connectivity index (χ3n) is 4.30. The van der Waals surface area contributed by atoms with Crippen LogP contribution >= 0.6 is 0 Å². The summed E-state index contributed by atoms with van der Waals surface area (Å²) in [7, 11) is 0. The van der Waals surface area contributed by atoms with Crippen LogP contribution in [0, 0.1) is 23.2 Å². The summed E-state index contributed by atoms with van der Waals surface area (Å²) in [6, 6.07) is 0. The largest absolute Gasteiger partial charge is 0.299 e. The predicted octanol–water partition coefficient (Wildman–Crippen LogP) is 3.82. The van der Waals surface area contributed by atoms with E-state index >= 15 is 0 Å². The molecule has 0 radical (unpaired) electrons. The molecule has 0 amide bonds. The average Bonchev–Trinajstić information content (AvgIpc) is 2.90. The first-order chi connectivity index (χ1) is 6.97. The van der Waals surface area contributed by atoms with Crippen LogP contribution in [0.25, 0.3) is 0 Å². The smallest absolute Gasteiger partial charge is 0.136 e. The first kappa shape index (κ1) is 11.2. The van der Waals surface area contributed by atoms with E-state index in [1.54, 1.807) is 0 Å². The van der Waals surface area contributed by atoms with Crippen LogP contribution in [0.15, 0.2) is 0 Å². The highest BCUT2D eigenvalue weighted by atomic mass is 16.1. The normalized spacial score (nSPS) is 33.1. The summed E-state index contributed by atoms with van der Waals surface area (Å²) in [5.74, 6) is 2.63. The molecule has 2 aliphatic carbocycles. The van der Waals surface area contributed by atoms with E-state index in [4.69, 9.17) is 0 Å². The number of Topliss-reactive ketones (excluding diaryl/α,β-unsaturated/α-hetero) is 1. The van der Waals surface area contributed by atoms with Crippen LogP contribution in [0.2, 0.25) is 0 Å². The van der Waals surface area contributed by atoms with Crippen LogP contribution in [0.4, 0.5) is 0 Å². The first-order valence-electron chi connectivity index (χ1n) is 6.49. The zero-order valence-electron chi connectivity index (χ0n) is 10.4. The Kier molecular flexibility index (Phi) is 2.92. The van der Waals surface area contributed by atoms with Gasteiger partial charge in [-0.1, -0.05) is 33.6 Å². The van der Waals surface area contributed by atoms with Gasteiger partial charge in [0.05, 0.1) is 0 Å². The summed E-state index contributed by atoms with van der Waals surface area (Å²) in [6.07, 6.45) is 7.10. The molecule has 0 heterocycles. The topological polar surface area (TPSA) is 17.1 Å². The molecule has 0 spiro atoms. The minimum Gasteiger partial charge on any atom is -0.299 e. The highest BCUT2D eigenvalue weighted by molar-refractivity contribution is 5.81. The molecule has 2 unspecified atom stereocenters. The Hall–Kier alpha value is -0.330. The second kappa shape index (κ2) is 3.92. The molecule has 0 aromatic heterocycles. The van der Waals surface area contributed by atoms with Crippen molar-refractivity contribution in [1.29, 1.82) is 0 Å². The minimum atomic E-state index is 0.391. The standard InChI is InChI=1S/C14H24O/c1-14(2,3)12-6-7-13(15)11(9-12)8-10-4-5-10/h10-12H,4-9H2,1-3H3. The van der Waals surface area contributed by atoms with Crippen molar-refractivity contribution < 1.29 is 4.79 Å². The number of ketones is 1. The summed E-state index contributed by atoms with van der Waals surface area (Å²) in [5, 5.41) is 0. The molecule has 0 saturated heterocycles. The summed E-state index contributed by atoms with van der Waals surface area (Å²) in [5.41, 5.74) is 0.391. The average molecular weight is 208 g/mol. The Balaban J connectivity index is 1.94. The molecular weight excluding hydrogens is 184 g/mol. The highest BCUT2D eigenvalue weighted by Gasteiger charge is 2.37. The minimum absolute atomic E-state index is 0.391. The molecular formula is C14H24O. The van der Waals surface area contributed by atoms with E-state index in [9.17, 15) is 4.79 Å². The number of hydrogen-bond donors (Lipinski definition) is 0. The zero-order valence-corrected chi connectivity index (χ0v) is 10.4. The van der Waals surface area contributed by atoms with Crippen LogP contribution in [-0.2, 0) is 4.79 Å². The molecule has 2 rings (SSSR count). The third-order valence-corrected chi connectivity index (χ3v) is 4.30. The lowest BCUT2D eigenvalue weighted by molar-refractivity contribution is -0.127. The van der Waals surface area contributed by atoms with Gasteiger partial charge in [-0.25, -0.2) is 0 Å². The van der Waals surface area contributed by atoms with Crippen LogP contribution in [0.1, 0.15) is 59.3 Å². The maximum Gasteiger partial charge on any atom is 0.136 e. The second-order valence-electron chi connectivity index (χ2n) is 6.68. The van der Waals surface area contributed by atoms with Crippen molar-refractivity contribution in [3.05, 3.63) is 0 Å². The van der Waals surface area contributed by atoms with Gasteiger partial charge in [0, 0.05) is 12.3 Å². The van der Waals surface area contributed by atoms with E-state index in [0.29, 0.717) is 17.1 Å². The fourth-order valence-corrected chi connectivity index (χ4v) is 2.88. The summed E-state index contributed by atoms with van der Waals surface area (Å²) < 4.78 is 0. The van der Waals surface area contributed by atoms with E-state index in [-0.39, 0.29) is 0 Å². The van der Waals surface area contributed by atoms with E-state index in [1.807, 2.05) is 0 Å². The lowest BCUT2D eigenvalue weighted by Crippen LogP contribution is -2.32. The summed E-state index contributed by atoms with van der Waals surface area (Å²) in [4.78, 5) is 11.8. The van der Waals surface area contributed by atoms with Crippen molar-refractivity contribution in [2.24, 2.45) is 23.2 Å². The number of hydrogen-bond acceptors (Lipinski definition) is 1. The fraction of sp³-hybridized carbons (Fsp3) is 0.929. The maximum atomic E-state index is 11.8. The van der Waals surface area contributed by atoms with E-state index < -0.39 is 0 Å². The molecule has 0 aromatic rings. The molecule has 86 valence electrons. The van der Waals surface area contributed by atoms with Gasteiger partial charge in [0.2, 0.25) is 0 Å². The van der Waals surface area contributed by atoms with Gasteiger partial charge in [-0.15, -0.1) is 0 Å². The number of rotatable bonds is 2. The van der Waals surface area contributed by atoms with Crippen molar-refractivity contribution in [3.8, 4) is 0 Å². The molecule has 0 aromatic carbocycles. The quantitative estimate of drug-likeness (QED) is 0.674. The first-order valence-corrected chi connectivity index (χ1v) is 6.49. The van der Waals surface area contributed by atoms with Crippen LogP contribution in [0.3, 0.4) is 0 Å². The van der Waals surface area contributed by atoms with Gasteiger partial charge in [0.15, 0.2) is 0 Å². The van der Waals surface area contributed by atoms with Crippen LogP contribution < -0.4 is 0 Å². The Morgan fingerprint density at radius 1 is 1.20 bits per heavy atom. The van der Waals surface area contributed by atoms with Crippen molar-refractivity contribution in [2.75, 3.05) is 0 Å². The molecule has 2 saturated carbocycles. The van der Waals surface area contributed by atoms with Crippen LogP contribution in [0.5, 0.6) is 0 Å². The molecule has 2 fully saturated rings. The van der Waals surface area contributed by atoms with Gasteiger partial charge in [-0.2, -0.15) is 0 Å². The molecule has 0 aliphatic heterocycles. The van der Waals surface area contributed by atoms with Gasteiger partial charge in [-0.3, -0.25) is 4.79 Å². The SMILES string of the molecule is CC(C)(C)C1CCC(=O)C(CC2CC2)C1. The van der Waals surface area contributed by atoms with Crippen molar-refractivity contribution >= 4 is 5.78 Å². The van der Waals surface area contributed by atoms with E-state index in [1.165, 1.54) is 25.7 Å². The fourth-order valence-electron chi connectivity index (χ4n) is 2.88. The van der Waals surface area contributed by atoms with Crippen LogP contribution in [-0.4, -0.2) is 5.78 Å². The van der Waals surface area contributed by atoms with Gasteiger partial charge < -0.3 is 0 Å². The Morgan fingerprint density at radius 2 is 1.87 bits per heavy atom. The lowest BCUT2D eigenvalue weighted by Gasteiger charge is -2.37. The van der Waals surface area contributed by atoms with Gasteiger partial charge in [-0.05, 0) is 36.5 Å². The summed E-state index contributed by atoms with van der Waals surface area (Å²) in [6.45, 7) is 6.96. The van der Waals surface area contributed by atoms with Gasteiger partial charge in [0.1, 0.15) is 5.78 Å². The Morgan fingerprint density at radius 3 is 2.40 bits per heavy atom. The van der Waals surface area contributed by atoms with Crippen molar-refractivity contribution in [1.82, 2.24) is 0 Å². The second-order valence-corrected chi connectivity index (χ2v) is 6.68. The maximum absolute atomic E-state index is 11.8. The van der Waals surface area contributed by atoms with Gasteiger partial charge >= 0.3 is 0 Å². The molecule has 1 nitrogen and oxygen atoms in total. The third kappa shape index (κ3) is 2.83. The Labute approximate surface area is 93.6 Å². The Bertz CT molecular complexity index is 245. The van der Waals surface area contributed by atoms with Crippen molar-refractivity contribution in [2.45, 2.75) is 59.3 Å². The molecule has 15 heavy (non-hydrogen) atoms. The molecule has 2 aliphatic rings. The molecule has 0 bridgehead atoms. The number of carbonyl (C=O) groups excluding carboxylic acids is 1. The lowest BCUT2D eigenvalue weighted by atomic mass is 9.68. The number of carbonyl (C=O) groups is 1. The monoisotopic (exact) mass is 208 g/mol. The molecule has 1 heteroatoms. The van der Waals surface area contributed by atoms with Crippen molar-refractivity contribution in [3.63, 3.8) is 0 Å². The predicted molar refractivity (Wildman–Crippen MR) is 62.6 cm³/mol. The van der Waals surface area contributed by atoms with Gasteiger partial charge in [0.25, 0.3) is 0 Å². The summed E-state index contributed by atoms with van der Waals surface area (Å²) >= 11 is 0. The van der Waals surface area contributed by atoms with E-state index in [2.05, 4.69) is 20.8 Å². The highest BCUT2D eigenvalue weighted by Crippen LogP contribution is 2.44.